The summed E-state index contributed by atoms with van der Waals surface area (Å²) >= 11 is 0. The van der Waals surface area contributed by atoms with Gasteiger partial charge in [-0.05, 0) is 24.2 Å². The summed E-state index contributed by atoms with van der Waals surface area (Å²) in [6.45, 7) is 6.89. The van der Waals surface area contributed by atoms with Gasteiger partial charge in [0.05, 0.1) is 0 Å². The van der Waals surface area contributed by atoms with Crippen LogP contribution in [0.4, 0.5) is 0 Å². The number of hydrogen-bond acceptors (Lipinski definition) is 0. The lowest BCUT2D eigenvalue weighted by molar-refractivity contribution is 0.203. The van der Waals surface area contributed by atoms with E-state index in [0.717, 1.165) is 17.8 Å². The van der Waals surface area contributed by atoms with Gasteiger partial charge >= 0.3 is 0 Å². The van der Waals surface area contributed by atoms with Crippen molar-refractivity contribution in [1.29, 1.82) is 0 Å². The van der Waals surface area contributed by atoms with E-state index in [-0.39, 0.29) is 0 Å². The van der Waals surface area contributed by atoms with E-state index in [4.69, 9.17) is 0 Å². The minimum Gasteiger partial charge on any atom is -0.0654 e. The fourth-order valence-corrected chi connectivity index (χ4v) is 3.84. The molecule has 0 heteroatoms. The van der Waals surface area contributed by atoms with Gasteiger partial charge in [-0.15, -0.1) is 0 Å². The first-order chi connectivity index (χ1) is 9.27. The fourth-order valence-electron chi connectivity index (χ4n) is 3.84. The molecule has 0 aliphatic heterocycles. The number of rotatable bonds is 4. The van der Waals surface area contributed by atoms with Gasteiger partial charge in [0.15, 0.2) is 0 Å². The Balaban J connectivity index is 0.000000399. The van der Waals surface area contributed by atoms with Gasteiger partial charge in [0.1, 0.15) is 0 Å². The van der Waals surface area contributed by atoms with Crippen LogP contribution < -0.4 is 0 Å². The van der Waals surface area contributed by atoms with Crippen LogP contribution in [0.15, 0.2) is 0 Å². The van der Waals surface area contributed by atoms with Gasteiger partial charge in [-0.25, -0.2) is 0 Å². The maximum absolute atomic E-state index is 2.53. The van der Waals surface area contributed by atoms with Gasteiger partial charge in [-0.2, -0.15) is 0 Å². The molecule has 0 nitrogen and oxygen atoms in total. The van der Waals surface area contributed by atoms with Crippen molar-refractivity contribution in [2.75, 3.05) is 0 Å². The summed E-state index contributed by atoms with van der Waals surface area (Å²) < 4.78 is 0. The quantitative estimate of drug-likeness (QED) is 0.515. The van der Waals surface area contributed by atoms with Crippen molar-refractivity contribution in [2.45, 2.75) is 104 Å². The highest BCUT2D eigenvalue weighted by Crippen LogP contribution is 2.36. The maximum Gasteiger partial charge on any atom is -0.0388 e. The largest absolute Gasteiger partial charge is 0.0654 e. The highest BCUT2D eigenvalue weighted by atomic mass is 14.3. The molecule has 0 heterocycles. The third-order valence-electron chi connectivity index (χ3n) is 5.38. The Morgan fingerprint density at radius 3 is 1.68 bits per heavy atom. The maximum atomic E-state index is 2.53. The molecule has 0 saturated heterocycles. The second kappa shape index (κ2) is 10.7. The number of unbranched alkanes of at least 4 members (excludes halogenated alkanes) is 1. The van der Waals surface area contributed by atoms with E-state index in [9.17, 15) is 0 Å². The Bertz CT molecular complexity index is 182. The van der Waals surface area contributed by atoms with E-state index in [0.29, 0.717) is 0 Å². The van der Waals surface area contributed by atoms with Crippen LogP contribution in [0.2, 0.25) is 0 Å². The summed E-state index contributed by atoms with van der Waals surface area (Å²) in [4.78, 5) is 0. The molecule has 1 atom stereocenters. The first-order valence-corrected chi connectivity index (χ1v) is 9.27. The Labute approximate surface area is 122 Å². The van der Waals surface area contributed by atoms with E-state index in [1.807, 2.05) is 0 Å². The Hall–Kier alpha value is 0. The van der Waals surface area contributed by atoms with Crippen molar-refractivity contribution in [3.8, 4) is 0 Å². The van der Waals surface area contributed by atoms with Crippen LogP contribution in [0.1, 0.15) is 104 Å². The Morgan fingerprint density at radius 1 is 0.737 bits per heavy atom. The van der Waals surface area contributed by atoms with Crippen LogP contribution in [-0.4, -0.2) is 0 Å². The first kappa shape index (κ1) is 17.1. The van der Waals surface area contributed by atoms with Crippen molar-refractivity contribution in [2.24, 2.45) is 17.8 Å². The van der Waals surface area contributed by atoms with Crippen molar-refractivity contribution >= 4 is 0 Å². The summed E-state index contributed by atoms with van der Waals surface area (Å²) in [5.74, 6) is 3.20. The lowest BCUT2D eigenvalue weighted by atomic mass is 9.74. The monoisotopic (exact) mass is 266 g/mol. The molecule has 0 radical (unpaired) electrons. The van der Waals surface area contributed by atoms with Gasteiger partial charge in [0, 0.05) is 0 Å². The average Bonchev–Trinajstić information content (AvgIpc) is 2.49. The molecule has 0 aromatic rings. The standard InChI is InChI=1S/C15H28.C4H10/c1-13(15-10-6-3-7-11-15)12-14-8-4-2-5-9-14;1-3-4-2/h13-15H,2-12H2,1H3;3-4H2,1-2H3. The first-order valence-electron chi connectivity index (χ1n) is 9.27. The van der Waals surface area contributed by atoms with Crippen LogP contribution in [0.25, 0.3) is 0 Å². The molecule has 19 heavy (non-hydrogen) atoms. The van der Waals surface area contributed by atoms with Gasteiger partial charge in [-0.1, -0.05) is 97.8 Å². The van der Waals surface area contributed by atoms with E-state index < -0.39 is 0 Å². The van der Waals surface area contributed by atoms with Crippen LogP contribution >= 0.6 is 0 Å². The van der Waals surface area contributed by atoms with E-state index >= 15 is 0 Å². The normalized spacial score (nSPS) is 23.5. The topological polar surface area (TPSA) is 0 Å². The lowest BCUT2D eigenvalue weighted by Gasteiger charge is -2.31. The molecule has 2 aliphatic rings. The minimum absolute atomic E-state index is 1.02. The van der Waals surface area contributed by atoms with Crippen LogP contribution in [0.5, 0.6) is 0 Å². The summed E-state index contributed by atoms with van der Waals surface area (Å²) in [5.41, 5.74) is 0. The van der Waals surface area contributed by atoms with Gasteiger partial charge < -0.3 is 0 Å². The third-order valence-corrected chi connectivity index (χ3v) is 5.38. The van der Waals surface area contributed by atoms with Crippen LogP contribution in [0, 0.1) is 17.8 Å². The van der Waals surface area contributed by atoms with Crippen molar-refractivity contribution in [3.63, 3.8) is 0 Å². The molecule has 2 rings (SSSR count). The third kappa shape index (κ3) is 7.37. The summed E-state index contributed by atoms with van der Waals surface area (Å²) in [6, 6.07) is 0. The van der Waals surface area contributed by atoms with Crippen LogP contribution in [-0.2, 0) is 0 Å². The highest BCUT2D eigenvalue weighted by Gasteiger charge is 2.23. The predicted octanol–water partition coefficient (Wildman–Crippen LogP) is 6.98. The van der Waals surface area contributed by atoms with Crippen molar-refractivity contribution in [1.82, 2.24) is 0 Å². The molecule has 0 amide bonds. The molecular formula is C19H38. The lowest BCUT2D eigenvalue weighted by Crippen LogP contribution is -2.19. The Kier molecular flexibility index (Phi) is 9.65. The van der Waals surface area contributed by atoms with E-state index in [2.05, 4.69) is 20.8 Å². The smallest absolute Gasteiger partial charge is 0.0388 e. The number of hydrogen-bond donors (Lipinski definition) is 0. The second-order valence-corrected chi connectivity index (χ2v) is 7.12. The predicted molar refractivity (Wildman–Crippen MR) is 87.5 cm³/mol. The summed E-state index contributed by atoms with van der Waals surface area (Å²) in [5, 5.41) is 0. The molecule has 2 saturated carbocycles. The fraction of sp³-hybridized carbons (Fsp3) is 1.00. The van der Waals surface area contributed by atoms with Gasteiger partial charge in [0.2, 0.25) is 0 Å². The molecule has 114 valence electrons. The minimum atomic E-state index is 1.02. The van der Waals surface area contributed by atoms with Crippen LogP contribution in [0.3, 0.4) is 0 Å². The molecule has 1 unspecified atom stereocenters. The van der Waals surface area contributed by atoms with E-state index in [1.165, 1.54) is 77.0 Å². The van der Waals surface area contributed by atoms with Crippen molar-refractivity contribution in [3.05, 3.63) is 0 Å². The zero-order valence-corrected chi connectivity index (χ0v) is 13.9. The molecule has 2 aliphatic carbocycles. The zero-order valence-electron chi connectivity index (χ0n) is 13.9. The molecule has 0 aromatic heterocycles. The SMILES string of the molecule is CC(CC1CCCCC1)C1CCCCC1.CCCC. The average molecular weight is 267 g/mol. The summed E-state index contributed by atoms with van der Waals surface area (Å²) in [6.07, 6.45) is 19.4. The van der Waals surface area contributed by atoms with Gasteiger partial charge in [-0.3, -0.25) is 0 Å². The summed E-state index contributed by atoms with van der Waals surface area (Å²) in [7, 11) is 0. The molecule has 0 N–H and O–H groups in total. The molecule has 0 spiro atoms. The zero-order chi connectivity index (χ0) is 13.9. The molecular weight excluding hydrogens is 228 g/mol. The Morgan fingerprint density at radius 2 is 1.21 bits per heavy atom. The van der Waals surface area contributed by atoms with E-state index in [1.54, 1.807) is 6.42 Å². The van der Waals surface area contributed by atoms with Gasteiger partial charge in [0.25, 0.3) is 0 Å². The molecule has 2 fully saturated rings. The molecule has 0 bridgehead atoms. The van der Waals surface area contributed by atoms with Crippen molar-refractivity contribution < 1.29 is 0 Å². The second-order valence-electron chi connectivity index (χ2n) is 7.12. The molecule has 0 aromatic carbocycles. The highest BCUT2D eigenvalue weighted by molar-refractivity contribution is 4.75.